The Balaban J connectivity index is 1.60. The molecule has 5 rings (SSSR count). The molecule has 1 saturated heterocycles. The molecule has 1 aromatic carbocycles. The number of methoxy groups -OCH3 is 2. The third kappa shape index (κ3) is 3.73. The summed E-state index contributed by atoms with van der Waals surface area (Å²) < 4.78 is 9.83. The first-order chi connectivity index (χ1) is 17.7. The number of rotatable bonds is 3. The van der Waals surface area contributed by atoms with Gasteiger partial charge in [0, 0.05) is 22.6 Å². The molecule has 1 heterocycles. The molecule has 37 heavy (non-hydrogen) atoms. The van der Waals surface area contributed by atoms with Gasteiger partial charge in [-0.1, -0.05) is 29.9 Å². The molecule has 4 unspecified atom stereocenters. The number of phenolic OH excluding ortho intramolecular Hbond substituents is 1. The maximum atomic E-state index is 13.3. The average molecular weight is 504 g/mol. The molecule has 0 radical (unpaired) electrons. The molecule has 9 heteroatoms. The first-order valence-electron chi connectivity index (χ1n) is 11.9. The molecule has 3 aliphatic carbocycles. The average Bonchev–Trinajstić information content (AvgIpc) is 3.15. The minimum atomic E-state index is -1.03. The number of carbonyl (C=O) groups excluding carboxylic acids is 5. The van der Waals surface area contributed by atoms with Gasteiger partial charge in [-0.2, -0.15) is 4.90 Å². The van der Waals surface area contributed by atoms with Crippen LogP contribution in [-0.4, -0.2) is 53.7 Å². The molecule has 0 aromatic heterocycles. The van der Waals surface area contributed by atoms with Crippen LogP contribution in [0, 0.1) is 23.7 Å². The number of hydrogen-bond donors (Lipinski definition) is 1. The van der Waals surface area contributed by atoms with Crippen LogP contribution in [0.1, 0.15) is 25.3 Å². The third-order valence-electron chi connectivity index (χ3n) is 7.65. The minimum Gasteiger partial charge on any atom is -0.504 e. The van der Waals surface area contributed by atoms with Crippen LogP contribution in [0.3, 0.4) is 0 Å². The van der Waals surface area contributed by atoms with Gasteiger partial charge < -0.3 is 14.6 Å². The largest absolute Gasteiger partial charge is 0.504 e. The Labute approximate surface area is 212 Å². The van der Waals surface area contributed by atoms with Crippen molar-refractivity contribution in [2.45, 2.75) is 19.8 Å². The maximum Gasteiger partial charge on any atom is 0.423 e. The van der Waals surface area contributed by atoms with E-state index < -0.39 is 41.6 Å². The van der Waals surface area contributed by atoms with Crippen LogP contribution in [0.15, 0.2) is 58.7 Å². The minimum absolute atomic E-state index is 0.0169. The summed E-state index contributed by atoms with van der Waals surface area (Å²) in [4.78, 5) is 65.3. The Kier molecular flexibility index (Phi) is 5.94. The van der Waals surface area contributed by atoms with Gasteiger partial charge in [-0.05, 0) is 49.5 Å². The number of benzene rings is 1. The zero-order valence-corrected chi connectivity index (χ0v) is 20.5. The van der Waals surface area contributed by atoms with Crippen LogP contribution in [0.2, 0.25) is 0 Å². The first-order valence-corrected chi connectivity index (χ1v) is 11.9. The molecule has 1 fully saturated rings. The molecule has 4 atom stereocenters. The smallest absolute Gasteiger partial charge is 0.423 e. The summed E-state index contributed by atoms with van der Waals surface area (Å²) in [5.74, 6) is -4.23. The van der Waals surface area contributed by atoms with Crippen molar-refractivity contribution in [3.8, 4) is 11.5 Å². The first kappa shape index (κ1) is 24.4. The van der Waals surface area contributed by atoms with Crippen LogP contribution >= 0.6 is 0 Å². The number of nitrogens with zero attached hydrogens (tertiary/aromatic N) is 1. The van der Waals surface area contributed by atoms with E-state index in [1.54, 1.807) is 31.2 Å². The van der Waals surface area contributed by atoms with E-state index in [0.29, 0.717) is 27.2 Å². The molecule has 0 saturated carbocycles. The Morgan fingerprint density at radius 1 is 1.11 bits per heavy atom. The zero-order valence-electron chi connectivity index (χ0n) is 20.5. The van der Waals surface area contributed by atoms with Crippen molar-refractivity contribution in [3.63, 3.8) is 0 Å². The molecule has 3 amide bonds. The van der Waals surface area contributed by atoms with Crippen LogP contribution in [0.4, 0.5) is 4.79 Å². The predicted molar refractivity (Wildman–Crippen MR) is 130 cm³/mol. The quantitative estimate of drug-likeness (QED) is 0.379. The lowest BCUT2D eigenvalue weighted by molar-refractivity contribution is -0.137. The number of likely N-dealkylation sites (tertiary alicyclic amines) is 1. The van der Waals surface area contributed by atoms with Crippen LogP contribution in [0.25, 0.3) is 6.08 Å². The molecule has 1 N–H and O–H groups in total. The summed E-state index contributed by atoms with van der Waals surface area (Å²) in [5, 5.41) is 9.91. The number of aromatic hydroxyl groups is 1. The number of amides is 3. The zero-order chi connectivity index (χ0) is 26.6. The van der Waals surface area contributed by atoms with Crippen molar-refractivity contribution >= 4 is 35.6 Å². The van der Waals surface area contributed by atoms with Gasteiger partial charge in [-0.3, -0.25) is 19.2 Å². The fourth-order valence-corrected chi connectivity index (χ4v) is 5.91. The summed E-state index contributed by atoms with van der Waals surface area (Å²) >= 11 is 0. The predicted octanol–water partition coefficient (Wildman–Crippen LogP) is 3.14. The lowest BCUT2D eigenvalue weighted by Gasteiger charge is -2.41. The van der Waals surface area contributed by atoms with Gasteiger partial charge in [0.15, 0.2) is 23.1 Å². The topological polar surface area (TPSA) is 127 Å². The van der Waals surface area contributed by atoms with E-state index in [4.69, 9.17) is 4.74 Å². The lowest BCUT2D eigenvalue weighted by Crippen LogP contribution is -2.40. The van der Waals surface area contributed by atoms with E-state index in [2.05, 4.69) is 4.74 Å². The molecule has 0 spiro atoms. The molecule has 1 aliphatic heterocycles. The summed E-state index contributed by atoms with van der Waals surface area (Å²) in [6.07, 6.45) is 6.06. The number of allylic oxidation sites excluding steroid dienone is 7. The van der Waals surface area contributed by atoms with Gasteiger partial charge in [-0.15, -0.1) is 0 Å². The number of imide groups is 3. The monoisotopic (exact) mass is 503 g/mol. The number of ketones is 2. The SMILES string of the molecule is COC(=O)N1C(=O)C2CC=C3C(C=Cc4ccc(O)c(OC)c4)C4=C(CC3C2C1=O)C(=O)C=C(C)C4=O. The fourth-order valence-electron chi connectivity index (χ4n) is 5.91. The second-order valence-electron chi connectivity index (χ2n) is 9.55. The van der Waals surface area contributed by atoms with E-state index in [-0.39, 0.29) is 35.9 Å². The Morgan fingerprint density at radius 3 is 2.57 bits per heavy atom. The third-order valence-corrected chi connectivity index (χ3v) is 7.65. The van der Waals surface area contributed by atoms with Gasteiger partial charge in [-0.25, -0.2) is 4.79 Å². The second kappa shape index (κ2) is 8.99. The molecule has 190 valence electrons. The fraction of sp³-hybridized carbons (Fsp3) is 0.321. The molecular formula is C28H25NO8. The van der Waals surface area contributed by atoms with E-state index >= 15 is 0 Å². The van der Waals surface area contributed by atoms with Crippen molar-refractivity contribution in [1.82, 2.24) is 4.90 Å². The number of fused-ring (bicyclic) bond motifs is 3. The second-order valence-corrected chi connectivity index (χ2v) is 9.55. The Hall–Kier alpha value is -4.27. The summed E-state index contributed by atoms with van der Waals surface area (Å²) in [6.45, 7) is 1.60. The van der Waals surface area contributed by atoms with Gasteiger partial charge in [0.2, 0.25) is 11.8 Å². The number of phenols is 1. The highest BCUT2D eigenvalue weighted by Crippen LogP contribution is 2.52. The van der Waals surface area contributed by atoms with Crippen LogP contribution in [0.5, 0.6) is 11.5 Å². The standard InChI is InChI=1S/C28H25NO8/c1-13-10-21(31)19-12-18-15(7-8-17-24(18)27(34)29(26(17)33)28(35)37-3)16(23(19)25(13)32)6-4-14-5-9-20(30)22(11-14)36-2/h4-7,9-11,16-18,24,30H,8,12H2,1-3H3. The van der Waals surface area contributed by atoms with Gasteiger partial charge in [0.25, 0.3) is 0 Å². The van der Waals surface area contributed by atoms with Gasteiger partial charge in [0.1, 0.15) is 0 Å². The normalized spacial score (nSPS) is 27.1. The van der Waals surface area contributed by atoms with Crippen LogP contribution < -0.4 is 4.74 Å². The van der Waals surface area contributed by atoms with E-state index in [9.17, 15) is 29.1 Å². The number of ether oxygens (including phenoxy) is 2. The molecule has 1 aromatic rings. The Bertz CT molecular complexity index is 1390. The molecule has 4 aliphatic rings. The highest BCUT2D eigenvalue weighted by atomic mass is 16.5. The summed E-state index contributed by atoms with van der Waals surface area (Å²) in [5.41, 5.74) is 2.50. The van der Waals surface area contributed by atoms with Crippen molar-refractivity contribution in [2.75, 3.05) is 14.2 Å². The van der Waals surface area contributed by atoms with Crippen molar-refractivity contribution < 1.29 is 38.6 Å². The number of Topliss-reactive ketones (excluding diaryl/α,β-unsaturated/α-hetero) is 1. The van der Waals surface area contributed by atoms with Crippen molar-refractivity contribution in [2.24, 2.45) is 23.7 Å². The summed E-state index contributed by atoms with van der Waals surface area (Å²) in [6, 6.07) is 4.81. The summed E-state index contributed by atoms with van der Waals surface area (Å²) in [7, 11) is 2.54. The van der Waals surface area contributed by atoms with Crippen LogP contribution in [-0.2, 0) is 23.9 Å². The van der Waals surface area contributed by atoms with E-state index in [0.717, 1.165) is 12.7 Å². The number of carbonyl (C=O) groups is 5. The van der Waals surface area contributed by atoms with Gasteiger partial charge in [0.05, 0.1) is 26.1 Å². The highest BCUT2D eigenvalue weighted by molar-refractivity contribution is 6.23. The maximum absolute atomic E-state index is 13.3. The van der Waals surface area contributed by atoms with Crippen molar-refractivity contribution in [3.05, 3.63) is 64.3 Å². The molecule has 0 bridgehead atoms. The van der Waals surface area contributed by atoms with E-state index in [1.165, 1.54) is 19.3 Å². The molecule has 9 nitrogen and oxygen atoms in total. The van der Waals surface area contributed by atoms with E-state index in [1.807, 2.05) is 6.08 Å². The van der Waals surface area contributed by atoms with Crippen molar-refractivity contribution in [1.29, 1.82) is 0 Å². The lowest BCUT2D eigenvalue weighted by atomic mass is 9.60. The van der Waals surface area contributed by atoms with Gasteiger partial charge >= 0.3 is 6.09 Å². The highest BCUT2D eigenvalue weighted by Gasteiger charge is 2.57. The molecular weight excluding hydrogens is 478 g/mol. The number of hydrogen-bond acceptors (Lipinski definition) is 8. The Morgan fingerprint density at radius 2 is 1.86 bits per heavy atom.